The minimum absolute atomic E-state index is 0.0518. The summed E-state index contributed by atoms with van der Waals surface area (Å²) >= 11 is 1.63. The molecule has 4 rings (SSSR count). The van der Waals surface area contributed by atoms with E-state index in [1.165, 1.54) is 11.1 Å². The number of hydrogen-bond acceptors (Lipinski definition) is 3. The fourth-order valence-corrected chi connectivity index (χ4v) is 5.11. The first-order chi connectivity index (χ1) is 15.8. The largest absolute Gasteiger partial charge is 0.322 e. The average Bonchev–Trinajstić information content (AvgIpc) is 3.20. The van der Waals surface area contributed by atoms with Crippen LogP contribution in [-0.2, 0) is 16.6 Å². The number of rotatable bonds is 5. The number of amides is 2. The molecule has 1 unspecified atom stereocenters. The maximum absolute atomic E-state index is 12.7. The molecule has 1 heterocycles. The molecule has 0 bridgehead atoms. The predicted molar refractivity (Wildman–Crippen MR) is 138 cm³/mol. The molecular formula is C28H30N2O2S. The Kier molecular flexibility index (Phi) is 6.61. The van der Waals surface area contributed by atoms with Crippen LogP contribution in [0.1, 0.15) is 60.1 Å². The Hall–Kier alpha value is -3.05. The highest BCUT2D eigenvalue weighted by atomic mass is 32.2. The standard InChI is InChI=1S/C28H30N2O2S/c1-5-19-7-6-8-24(17-19)30-25(31)18-33-27(30)21-11-15-23(16-12-21)29-26(32)20-9-13-22(14-10-20)28(2,3)4/h6-17,27H,5,18H2,1-4H3,(H,29,32). The zero-order valence-electron chi connectivity index (χ0n) is 19.6. The number of benzene rings is 3. The van der Waals surface area contributed by atoms with Crippen molar-refractivity contribution in [3.8, 4) is 0 Å². The fraction of sp³-hybridized carbons (Fsp3) is 0.286. The van der Waals surface area contributed by atoms with E-state index in [4.69, 9.17) is 0 Å². The molecule has 33 heavy (non-hydrogen) atoms. The normalized spacial score (nSPS) is 16.2. The van der Waals surface area contributed by atoms with E-state index in [0.29, 0.717) is 11.3 Å². The molecule has 1 aliphatic heterocycles. The monoisotopic (exact) mass is 458 g/mol. The number of nitrogens with one attached hydrogen (secondary N) is 1. The van der Waals surface area contributed by atoms with E-state index < -0.39 is 0 Å². The summed E-state index contributed by atoms with van der Waals surface area (Å²) in [6, 6.07) is 23.7. The van der Waals surface area contributed by atoms with Gasteiger partial charge < -0.3 is 5.32 Å². The lowest BCUT2D eigenvalue weighted by atomic mass is 9.87. The molecule has 1 N–H and O–H groups in total. The summed E-state index contributed by atoms with van der Waals surface area (Å²) in [6.07, 6.45) is 0.932. The molecule has 0 aliphatic carbocycles. The zero-order valence-corrected chi connectivity index (χ0v) is 20.4. The van der Waals surface area contributed by atoms with E-state index in [0.717, 1.165) is 23.4 Å². The first kappa shape index (κ1) is 23.1. The fourth-order valence-electron chi connectivity index (χ4n) is 3.93. The van der Waals surface area contributed by atoms with Crippen molar-refractivity contribution in [2.75, 3.05) is 16.0 Å². The zero-order chi connectivity index (χ0) is 23.6. The summed E-state index contributed by atoms with van der Waals surface area (Å²) in [7, 11) is 0. The Morgan fingerprint density at radius 3 is 2.36 bits per heavy atom. The maximum atomic E-state index is 12.7. The molecule has 3 aromatic carbocycles. The number of nitrogens with zero attached hydrogens (tertiary/aromatic N) is 1. The van der Waals surface area contributed by atoms with Crippen LogP contribution < -0.4 is 10.2 Å². The van der Waals surface area contributed by atoms with Crippen LogP contribution >= 0.6 is 11.8 Å². The quantitative estimate of drug-likeness (QED) is 0.470. The SMILES string of the molecule is CCc1cccc(N2C(=O)CSC2c2ccc(NC(=O)c3ccc(C(C)(C)C)cc3)cc2)c1. The minimum Gasteiger partial charge on any atom is -0.322 e. The van der Waals surface area contributed by atoms with Gasteiger partial charge in [-0.3, -0.25) is 14.5 Å². The molecule has 0 radical (unpaired) electrons. The van der Waals surface area contributed by atoms with Crippen molar-refractivity contribution >= 4 is 35.0 Å². The molecule has 1 aliphatic rings. The van der Waals surface area contributed by atoms with Gasteiger partial charge in [0, 0.05) is 16.9 Å². The van der Waals surface area contributed by atoms with Crippen LogP contribution in [0.3, 0.4) is 0 Å². The molecule has 170 valence electrons. The van der Waals surface area contributed by atoms with Gasteiger partial charge in [-0.1, -0.05) is 64.1 Å². The van der Waals surface area contributed by atoms with Gasteiger partial charge in [0.1, 0.15) is 5.37 Å². The number of carbonyl (C=O) groups excluding carboxylic acids is 2. The van der Waals surface area contributed by atoms with Crippen molar-refractivity contribution in [1.29, 1.82) is 0 Å². The maximum Gasteiger partial charge on any atom is 0.255 e. The summed E-state index contributed by atoms with van der Waals surface area (Å²) in [6.45, 7) is 8.58. The van der Waals surface area contributed by atoms with Gasteiger partial charge in [-0.15, -0.1) is 11.8 Å². The van der Waals surface area contributed by atoms with E-state index in [9.17, 15) is 9.59 Å². The lowest BCUT2D eigenvalue weighted by Gasteiger charge is -2.25. The summed E-state index contributed by atoms with van der Waals surface area (Å²) in [5, 5.41) is 2.90. The van der Waals surface area contributed by atoms with Gasteiger partial charge >= 0.3 is 0 Å². The molecule has 0 saturated carbocycles. The Balaban J connectivity index is 1.48. The lowest BCUT2D eigenvalue weighted by Crippen LogP contribution is -2.27. The third kappa shape index (κ3) is 5.14. The van der Waals surface area contributed by atoms with Gasteiger partial charge in [0.25, 0.3) is 5.91 Å². The second-order valence-electron chi connectivity index (χ2n) is 9.35. The van der Waals surface area contributed by atoms with Crippen LogP contribution in [0.5, 0.6) is 0 Å². The molecule has 2 amide bonds. The molecule has 1 fully saturated rings. The molecule has 4 nitrogen and oxygen atoms in total. The van der Waals surface area contributed by atoms with Crippen molar-refractivity contribution in [3.05, 3.63) is 95.1 Å². The van der Waals surface area contributed by atoms with Crippen LogP contribution in [0.25, 0.3) is 0 Å². The third-order valence-electron chi connectivity index (χ3n) is 5.93. The molecule has 0 aromatic heterocycles. The molecule has 1 atom stereocenters. The van der Waals surface area contributed by atoms with E-state index in [1.807, 2.05) is 65.6 Å². The number of thioether (sulfide) groups is 1. The van der Waals surface area contributed by atoms with Gasteiger partial charge in [-0.05, 0) is 64.9 Å². The Morgan fingerprint density at radius 2 is 1.73 bits per heavy atom. The van der Waals surface area contributed by atoms with Crippen molar-refractivity contribution in [1.82, 2.24) is 0 Å². The van der Waals surface area contributed by atoms with Gasteiger partial charge in [0.05, 0.1) is 5.75 Å². The number of anilines is 2. The summed E-state index contributed by atoms with van der Waals surface area (Å²) in [5.74, 6) is 0.449. The van der Waals surface area contributed by atoms with Gasteiger partial charge in [-0.25, -0.2) is 0 Å². The van der Waals surface area contributed by atoms with E-state index >= 15 is 0 Å². The Morgan fingerprint density at radius 1 is 1.03 bits per heavy atom. The van der Waals surface area contributed by atoms with Crippen LogP contribution in [0.2, 0.25) is 0 Å². The van der Waals surface area contributed by atoms with Gasteiger partial charge in [0.15, 0.2) is 0 Å². The second-order valence-corrected chi connectivity index (χ2v) is 10.4. The van der Waals surface area contributed by atoms with Crippen molar-refractivity contribution in [2.24, 2.45) is 0 Å². The lowest BCUT2D eigenvalue weighted by molar-refractivity contribution is -0.115. The highest BCUT2D eigenvalue weighted by Crippen LogP contribution is 2.42. The van der Waals surface area contributed by atoms with Crippen LogP contribution in [0.15, 0.2) is 72.8 Å². The predicted octanol–water partition coefficient (Wildman–Crippen LogP) is 6.58. The van der Waals surface area contributed by atoms with E-state index in [-0.39, 0.29) is 22.6 Å². The highest BCUT2D eigenvalue weighted by molar-refractivity contribution is 8.00. The number of hydrogen-bond donors (Lipinski definition) is 1. The summed E-state index contributed by atoms with van der Waals surface area (Å²) < 4.78 is 0. The second kappa shape index (κ2) is 9.44. The Labute approximate surface area is 200 Å². The smallest absolute Gasteiger partial charge is 0.255 e. The van der Waals surface area contributed by atoms with Crippen LogP contribution in [0.4, 0.5) is 11.4 Å². The first-order valence-electron chi connectivity index (χ1n) is 11.3. The summed E-state index contributed by atoms with van der Waals surface area (Å²) in [5.41, 5.74) is 5.80. The van der Waals surface area contributed by atoms with Gasteiger partial charge in [-0.2, -0.15) is 0 Å². The third-order valence-corrected chi connectivity index (χ3v) is 7.14. The van der Waals surface area contributed by atoms with E-state index in [2.05, 4.69) is 45.1 Å². The molecular weight excluding hydrogens is 428 g/mol. The topological polar surface area (TPSA) is 49.4 Å². The molecule has 1 saturated heterocycles. The summed E-state index contributed by atoms with van der Waals surface area (Å²) in [4.78, 5) is 27.2. The minimum atomic E-state index is -0.133. The Bertz CT molecular complexity index is 1150. The molecule has 5 heteroatoms. The van der Waals surface area contributed by atoms with Crippen LogP contribution in [-0.4, -0.2) is 17.6 Å². The van der Waals surface area contributed by atoms with Gasteiger partial charge in [0.2, 0.25) is 5.91 Å². The van der Waals surface area contributed by atoms with E-state index in [1.54, 1.807) is 11.8 Å². The van der Waals surface area contributed by atoms with Crippen LogP contribution in [0, 0.1) is 0 Å². The average molecular weight is 459 g/mol. The first-order valence-corrected chi connectivity index (χ1v) is 12.4. The van der Waals surface area contributed by atoms with Crippen molar-refractivity contribution in [2.45, 2.75) is 44.9 Å². The van der Waals surface area contributed by atoms with Crippen molar-refractivity contribution < 1.29 is 9.59 Å². The number of aryl methyl sites for hydroxylation is 1. The highest BCUT2D eigenvalue weighted by Gasteiger charge is 2.34. The van der Waals surface area contributed by atoms with Crippen molar-refractivity contribution in [3.63, 3.8) is 0 Å². The number of carbonyl (C=O) groups is 2. The molecule has 0 spiro atoms. The molecule has 3 aromatic rings.